The summed E-state index contributed by atoms with van der Waals surface area (Å²) in [5.74, 6) is 0.0730. The third-order valence-electron chi connectivity index (χ3n) is 3.14. The van der Waals surface area contributed by atoms with Gasteiger partial charge in [0.2, 0.25) is 0 Å². The molecule has 1 aromatic carbocycles. The Balaban J connectivity index is 1.68. The highest BCUT2D eigenvalue weighted by atomic mass is 16.3. The Kier molecular flexibility index (Phi) is 3.16. The number of nitrogens with one attached hydrogen (secondary N) is 1. The molecule has 20 heavy (non-hydrogen) atoms. The van der Waals surface area contributed by atoms with Gasteiger partial charge in [-0.3, -0.25) is 14.7 Å². The van der Waals surface area contributed by atoms with Crippen molar-refractivity contribution in [3.8, 4) is 0 Å². The number of furan rings is 1. The van der Waals surface area contributed by atoms with Gasteiger partial charge in [-0.1, -0.05) is 0 Å². The summed E-state index contributed by atoms with van der Waals surface area (Å²) >= 11 is 0. The first-order valence-electron chi connectivity index (χ1n) is 6.27. The quantitative estimate of drug-likeness (QED) is 0.722. The second kappa shape index (κ2) is 5.13. The molecular formula is C15H12N2O3. The molecule has 0 aliphatic carbocycles. The van der Waals surface area contributed by atoms with E-state index in [1.54, 1.807) is 30.5 Å². The molecule has 0 amide bonds. The zero-order chi connectivity index (χ0) is 13.9. The third kappa shape index (κ3) is 2.38. The van der Waals surface area contributed by atoms with Crippen molar-refractivity contribution in [3.05, 3.63) is 54.1 Å². The van der Waals surface area contributed by atoms with Gasteiger partial charge in [0.25, 0.3) is 0 Å². The standard InChI is InChI=1S/C15H12N2O3/c18-13(5-6-14(19)15-2-1-7-20-15)10-3-4-12-11(8-10)9-16-17-12/h1-4,7-9H,5-6H2,(H,16,17). The summed E-state index contributed by atoms with van der Waals surface area (Å²) in [6, 6.07) is 8.58. The Hall–Kier alpha value is -2.69. The van der Waals surface area contributed by atoms with Gasteiger partial charge in [-0.05, 0) is 30.3 Å². The summed E-state index contributed by atoms with van der Waals surface area (Å²) < 4.78 is 5.01. The lowest BCUT2D eigenvalue weighted by Gasteiger charge is -2.00. The highest BCUT2D eigenvalue weighted by molar-refractivity contribution is 6.02. The van der Waals surface area contributed by atoms with Gasteiger partial charge >= 0.3 is 0 Å². The Morgan fingerprint density at radius 3 is 2.80 bits per heavy atom. The average Bonchev–Trinajstić information content (AvgIpc) is 3.13. The molecule has 0 aliphatic rings. The topological polar surface area (TPSA) is 76.0 Å². The van der Waals surface area contributed by atoms with Crippen molar-refractivity contribution in [2.45, 2.75) is 12.8 Å². The molecule has 2 aromatic heterocycles. The van der Waals surface area contributed by atoms with Crippen LogP contribution in [0.4, 0.5) is 0 Å². The Labute approximate surface area is 114 Å². The van der Waals surface area contributed by atoms with Crippen molar-refractivity contribution in [1.29, 1.82) is 0 Å². The molecule has 0 spiro atoms. The number of ketones is 2. The van der Waals surface area contributed by atoms with Crippen molar-refractivity contribution in [3.63, 3.8) is 0 Å². The Morgan fingerprint density at radius 2 is 2.00 bits per heavy atom. The number of rotatable bonds is 5. The van der Waals surface area contributed by atoms with Crippen LogP contribution in [0.1, 0.15) is 33.8 Å². The number of nitrogens with zero attached hydrogens (tertiary/aromatic N) is 1. The maximum atomic E-state index is 12.1. The van der Waals surface area contributed by atoms with Crippen molar-refractivity contribution in [2.75, 3.05) is 0 Å². The first kappa shape index (κ1) is 12.3. The molecule has 0 aliphatic heterocycles. The summed E-state index contributed by atoms with van der Waals surface area (Å²) in [5, 5.41) is 7.62. The van der Waals surface area contributed by atoms with E-state index in [-0.39, 0.29) is 24.4 Å². The van der Waals surface area contributed by atoms with E-state index in [4.69, 9.17) is 4.42 Å². The van der Waals surface area contributed by atoms with Crippen LogP contribution in [0.2, 0.25) is 0 Å². The zero-order valence-electron chi connectivity index (χ0n) is 10.6. The number of aromatic amines is 1. The maximum absolute atomic E-state index is 12.1. The number of carbonyl (C=O) groups is 2. The lowest BCUT2D eigenvalue weighted by molar-refractivity contribution is 0.0902. The molecule has 3 rings (SSSR count). The number of carbonyl (C=O) groups excluding carboxylic acids is 2. The monoisotopic (exact) mass is 268 g/mol. The maximum Gasteiger partial charge on any atom is 0.198 e. The third-order valence-corrected chi connectivity index (χ3v) is 3.14. The number of fused-ring (bicyclic) bond motifs is 1. The van der Waals surface area contributed by atoms with Crippen LogP contribution in [0, 0.1) is 0 Å². The molecule has 3 aromatic rings. The first-order valence-corrected chi connectivity index (χ1v) is 6.27. The van der Waals surface area contributed by atoms with Gasteiger partial charge in [-0.15, -0.1) is 0 Å². The van der Waals surface area contributed by atoms with Crippen LogP contribution in [0.3, 0.4) is 0 Å². The Morgan fingerprint density at radius 1 is 1.15 bits per heavy atom. The van der Waals surface area contributed by atoms with E-state index < -0.39 is 0 Å². The predicted molar refractivity (Wildman–Crippen MR) is 72.7 cm³/mol. The van der Waals surface area contributed by atoms with Crippen molar-refractivity contribution >= 4 is 22.5 Å². The lowest BCUT2D eigenvalue weighted by atomic mass is 10.0. The summed E-state index contributed by atoms with van der Waals surface area (Å²) in [7, 11) is 0. The van der Waals surface area contributed by atoms with Gasteiger partial charge in [-0.25, -0.2) is 0 Å². The minimum atomic E-state index is -0.160. The van der Waals surface area contributed by atoms with Gasteiger partial charge in [0.15, 0.2) is 17.3 Å². The largest absolute Gasteiger partial charge is 0.461 e. The molecule has 0 bridgehead atoms. The zero-order valence-corrected chi connectivity index (χ0v) is 10.6. The number of H-pyrrole nitrogens is 1. The molecule has 2 heterocycles. The molecular weight excluding hydrogens is 256 g/mol. The Bertz CT molecular complexity index is 756. The lowest BCUT2D eigenvalue weighted by Crippen LogP contribution is -2.04. The number of aromatic nitrogens is 2. The van der Waals surface area contributed by atoms with Crippen LogP contribution in [-0.2, 0) is 0 Å². The molecule has 0 atom stereocenters. The second-order valence-electron chi connectivity index (χ2n) is 4.50. The summed E-state index contributed by atoms with van der Waals surface area (Å²) in [6.45, 7) is 0. The molecule has 0 radical (unpaired) electrons. The van der Waals surface area contributed by atoms with Crippen LogP contribution in [-0.4, -0.2) is 21.8 Å². The van der Waals surface area contributed by atoms with Crippen molar-refractivity contribution in [1.82, 2.24) is 10.2 Å². The van der Waals surface area contributed by atoms with Crippen molar-refractivity contribution < 1.29 is 14.0 Å². The van der Waals surface area contributed by atoms with Crippen LogP contribution < -0.4 is 0 Å². The molecule has 1 N–H and O–H groups in total. The molecule has 0 saturated carbocycles. The molecule has 0 fully saturated rings. The highest BCUT2D eigenvalue weighted by Gasteiger charge is 2.13. The van der Waals surface area contributed by atoms with Gasteiger partial charge in [0.1, 0.15) is 0 Å². The van der Waals surface area contributed by atoms with Crippen LogP contribution in [0.5, 0.6) is 0 Å². The van der Waals surface area contributed by atoms with E-state index in [0.717, 1.165) is 10.9 Å². The summed E-state index contributed by atoms with van der Waals surface area (Å²) in [4.78, 5) is 23.8. The minimum Gasteiger partial charge on any atom is -0.461 e. The first-order chi connectivity index (χ1) is 9.74. The van der Waals surface area contributed by atoms with E-state index in [0.29, 0.717) is 11.3 Å². The molecule has 5 nitrogen and oxygen atoms in total. The van der Waals surface area contributed by atoms with Crippen molar-refractivity contribution in [2.24, 2.45) is 0 Å². The fourth-order valence-electron chi connectivity index (χ4n) is 2.05. The molecule has 100 valence electrons. The van der Waals surface area contributed by atoms with Gasteiger partial charge in [0, 0.05) is 23.8 Å². The van der Waals surface area contributed by atoms with E-state index in [9.17, 15) is 9.59 Å². The fraction of sp³-hybridized carbons (Fsp3) is 0.133. The summed E-state index contributed by atoms with van der Waals surface area (Å²) in [5.41, 5.74) is 1.47. The molecule has 5 heteroatoms. The van der Waals surface area contributed by atoms with Gasteiger partial charge in [0.05, 0.1) is 18.0 Å². The normalized spacial score (nSPS) is 10.8. The smallest absolute Gasteiger partial charge is 0.198 e. The van der Waals surface area contributed by atoms with Crippen LogP contribution in [0.15, 0.2) is 47.2 Å². The number of Topliss-reactive ketones (excluding diaryl/α,β-unsaturated/α-hetero) is 2. The van der Waals surface area contributed by atoms with Crippen LogP contribution >= 0.6 is 0 Å². The van der Waals surface area contributed by atoms with Gasteiger partial charge in [-0.2, -0.15) is 5.10 Å². The molecule has 0 unspecified atom stereocenters. The number of hydrogen-bond donors (Lipinski definition) is 1. The van der Waals surface area contributed by atoms with E-state index >= 15 is 0 Å². The van der Waals surface area contributed by atoms with E-state index in [1.807, 2.05) is 6.07 Å². The van der Waals surface area contributed by atoms with Crippen LogP contribution in [0.25, 0.3) is 10.9 Å². The predicted octanol–water partition coefficient (Wildman–Crippen LogP) is 3.00. The SMILES string of the molecule is O=C(CCC(=O)c1ccco1)c1ccc2[nH]ncc2c1. The molecule has 0 saturated heterocycles. The van der Waals surface area contributed by atoms with Gasteiger partial charge < -0.3 is 4.42 Å². The number of hydrogen-bond acceptors (Lipinski definition) is 4. The second-order valence-corrected chi connectivity index (χ2v) is 4.50. The highest BCUT2D eigenvalue weighted by Crippen LogP contribution is 2.15. The number of benzene rings is 1. The summed E-state index contributed by atoms with van der Waals surface area (Å²) in [6.07, 6.45) is 3.43. The van der Waals surface area contributed by atoms with E-state index in [2.05, 4.69) is 10.2 Å². The fourth-order valence-corrected chi connectivity index (χ4v) is 2.05. The van der Waals surface area contributed by atoms with E-state index in [1.165, 1.54) is 6.26 Å². The minimum absolute atomic E-state index is 0.0620. The average molecular weight is 268 g/mol.